The zero-order valence-electron chi connectivity index (χ0n) is 11.0. The third-order valence-corrected chi connectivity index (χ3v) is 4.41. The molecule has 3 rings (SSSR count). The molecule has 1 aromatic heterocycles. The summed E-state index contributed by atoms with van der Waals surface area (Å²) >= 11 is 0. The Hall–Kier alpha value is -0.970. The van der Waals surface area contributed by atoms with Crippen molar-refractivity contribution < 1.29 is 0 Å². The van der Waals surface area contributed by atoms with Crippen molar-refractivity contribution in [1.82, 2.24) is 25.5 Å². The number of nitrogens with one attached hydrogen (secondary N) is 1. The van der Waals surface area contributed by atoms with Crippen LogP contribution in [0.2, 0.25) is 0 Å². The second-order valence-corrected chi connectivity index (χ2v) is 5.73. The lowest BCUT2D eigenvalue weighted by molar-refractivity contribution is 0.303. The molecular formula is C13H23N5. The Morgan fingerprint density at radius 2 is 1.83 bits per heavy atom. The maximum absolute atomic E-state index is 4.27. The van der Waals surface area contributed by atoms with Gasteiger partial charge in [0.2, 0.25) is 0 Å². The van der Waals surface area contributed by atoms with Gasteiger partial charge in [0, 0.05) is 6.42 Å². The average Bonchev–Trinajstić information content (AvgIpc) is 2.89. The summed E-state index contributed by atoms with van der Waals surface area (Å²) in [5.74, 6) is 1.88. The second kappa shape index (κ2) is 5.78. The Morgan fingerprint density at radius 3 is 2.61 bits per heavy atom. The molecule has 100 valence electrons. The smallest absolute Gasteiger partial charge is 0.151 e. The van der Waals surface area contributed by atoms with Gasteiger partial charge in [0.25, 0.3) is 0 Å². The first-order chi connectivity index (χ1) is 8.93. The summed E-state index contributed by atoms with van der Waals surface area (Å²) in [4.78, 5) is 0. The molecule has 0 radical (unpaired) electrons. The summed E-state index contributed by atoms with van der Waals surface area (Å²) in [6.45, 7) is 2.30. The topological polar surface area (TPSA) is 55.6 Å². The van der Waals surface area contributed by atoms with E-state index in [0.29, 0.717) is 6.04 Å². The molecule has 1 aliphatic heterocycles. The van der Waals surface area contributed by atoms with Crippen LogP contribution in [0.25, 0.3) is 0 Å². The summed E-state index contributed by atoms with van der Waals surface area (Å²) in [5, 5.41) is 15.8. The summed E-state index contributed by atoms with van der Waals surface area (Å²) < 4.78 is 2.13. The van der Waals surface area contributed by atoms with Crippen LogP contribution in [-0.2, 0) is 6.42 Å². The van der Waals surface area contributed by atoms with Crippen molar-refractivity contribution in [2.75, 3.05) is 13.1 Å². The summed E-state index contributed by atoms with van der Waals surface area (Å²) in [7, 11) is 0. The predicted octanol–water partition coefficient (Wildman–Crippen LogP) is 1.72. The Labute approximate surface area is 108 Å². The van der Waals surface area contributed by atoms with Gasteiger partial charge in [-0.25, -0.2) is 4.68 Å². The van der Waals surface area contributed by atoms with Crippen LogP contribution in [0.3, 0.4) is 0 Å². The molecule has 0 bridgehead atoms. The fraction of sp³-hybridized carbons (Fsp3) is 0.923. The predicted molar refractivity (Wildman–Crippen MR) is 69.2 cm³/mol. The third kappa shape index (κ3) is 2.71. The van der Waals surface area contributed by atoms with Crippen LogP contribution >= 0.6 is 0 Å². The average molecular weight is 249 g/mol. The monoisotopic (exact) mass is 249 g/mol. The van der Waals surface area contributed by atoms with Gasteiger partial charge < -0.3 is 5.32 Å². The number of hydrogen-bond acceptors (Lipinski definition) is 4. The zero-order chi connectivity index (χ0) is 12.2. The zero-order valence-corrected chi connectivity index (χ0v) is 11.0. The highest BCUT2D eigenvalue weighted by Gasteiger charge is 2.22. The van der Waals surface area contributed by atoms with Crippen LogP contribution in [0.4, 0.5) is 0 Å². The molecule has 1 N–H and O–H groups in total. The van der Waals surface area contributed by atoms with Crippen molar-refractivity contribution >= 4 is 0 Å². The highest BCUT2D eigenvalue weighted by molar-refractivity contribution is 4.89. The summed E-state index contributed by atoms with van der Waals surface area (Å²) in [6.07, 6.45) is 10.1. The van der Waals surface area contributed by atoms with Crippen LogP contribution in [0.15, 0.2) is 0 Å². The molecule has 1 saturated heterocycles. The minimum atomic E-state index is 0.561. The molecule has 0 atom stereocenters. The fourth-order valence-corrected chi connectivity index (χ4v) is 3.30. The molecule has 2 heterocycles. The van der Waals surface area contributed by atoms with Crippen molar-refractivity contribution in [3.05, 3.63) is 5.82 Å². The van der Waals surface area contributed by atoms with E-state index in [1.807, 2.05) is 0 Å². The van der Waals surface area contributed by atoms with Crippen LogP contribution in [0.5, 0.6) is 0 Å². The molecule has 5 heteroatoms. The molecule has 0 spiro atoms. The van der Waals surface area contributed by atoms with Crippen molar-refractivity contribution in [2.45, 2.75) is 57.4 Å². The minimum Gasteiger partial charge on any atom is -0.317 e. The molecule has 5 nitrogen and oxygen atoms in total. The van der Waals surface area contributed by atoms with E-state index in [9.17, 15) is 0 Å². The molecule has 0 amide bonds. The van der Waals surface area contributed by atoms with Crippen LogP contribution in [0, 0.1) is 5.92 Å². The first-order valence-corrected chi connectivity index (χ1v) is 7.41. The van der Waals surface area contributed by atoms with Gasteiger partial charge in [0.1, 0.15) is 0 Å². The van der Waals surface area contributed by atoms with E-state index >= 15 is 0 Å². The summed E-state index contributed by atoms with van der Waals surface area (Å²) in [6, 6.07) is 0.561. The molecule has 0 unspecified atom stereocenters. The standard InChI is InChI=1S/C13H23N5/c1-2-4-12(5-3-1)18-13(15-16-17-18)10-11-6-8-14-9-7-11/h11-12,14H,1-10H2. The van der Waals surface area contributed by atoms with Gasteiger partial charge in [-0.1, -0.05) is 19.3 Å². The van der Waals surface area contributed by atoms with Crippen molar-refractivity contribution in [2.24, 2.45) is 5.92 Å². The third-order valence-electron chi connectivity index (χ3n) is 4.41. The van der Waals surface area contributed by atoms with E-state index in [-0.39, 0.29) is 0 Å². The number of hydrogen-bond donors (Lipinski definition) is 1. The first kappa shape index (κ1) is 12.1. The number of rotatable bonds is 3. The van der Waals surface area contributed by atoms with Gasteiger partial charge in [-0.2, -0.15) is 0 Å². The van der Waals surface area contributed by atoms with E-state index in [1.165, 1.54) is 44.9 Å². The molecule has 2 fully saturated rings. The van der Waals surface area contributed by atoms with E-state index in [4.69, 9.17) is 0 Å². The van der Waals surface area contributed by atoms with Crippen molar-refractivity contribution in [1.29, 1.82) is 0 Å². The normalized spacial score (nSPS) is 23.3. The van der Waals surface area contributed by atoms with Gasteiger partial charge in [-0.3, -0.25) is 0 Å². The van der Waals surface area contributed by atoms with Gasteiger partial charge in [-0.05, 0) is 55.1 Å². The van der Waals surface area contributed by atoms with Crippen molar-refractivity contribution in [3.8, 4) is 0 Å². The Bertz CT molecular complexity index is 363. The molecule has 2 aliphatic rings. The molecule has 1 aromatic rings. The molecule has 18 heavy (non-hydrogen) atoms. The maximum Gasteiger partial charge on any atom is 0.151 e. The lowest BCUT2D eigenvalue weighted by Gasteiger charge is -2.25. The molecule has 1 saturated carbocycles. The molecule has 1 aliphatic carbocycles. The van der Waals surface area contributed by atoms with Crippen molar-refractivity contribution in [3.63, 3.8) is 0 Å². The quantitative estimate of drug-likeness (QED) is 0.886. The number of piperidine rings is 1. The first-order valence-electron chi connectivity index (χ1n) is 7.41. The van der Waals surface area contributed by atoms with Crippen LogP contribution < -0.4 is 5.32 Å². The lowest BCUT2D eigenvalue weighted by Crippen LogP contribution is -2.29. The maximum atomic E-state index is 4.27. The second-order valence-electron chi connectivity index (χ2n) is 5.73. The van der Waals surface area contributed by atoms with Gasteiger partial charge in [-0.15, -0.1) is 5.10 Å². The van der Waals surface area contributed by atoms with Gasteiger partial charge in [0.05, 0.1) is 6.04 Å². The Kier molecular flexibility index (Phi) is 3.88. The van der Waals surface area contributed by atoms with Crippen LogP contribution in [0.1, 0.15) is 56.8 Å². The van der Waals surface area contributed by atoms with E-state index in [2.05, 4.69) is 25.5 Å². The van der Waals surface area contributed by atoms with E-state index in [1.54, 1.807) is 0 Å². The number of tetrazole rings is 1. The number of aromatic nitrogens is 4. The highest BCUT2D eigenvalue weighted by Crippen LogP contribution is 2.28. The van der Waals surface area contributed by atoms with E-state index < -0.39 is 0 Å². The SMILES string of the molecule is C1CCC(n2nnnc2CC2CCNCC2)CC1. The number of nitrogens with zero attached hydrogens (tertiary/aromatic N) is 4. The fourth-order valence-electron chi connectivity index (χ4n) is 3.30. The molecule has 0 aromatic carbocycles. The van der Waals surface area contributed by atoms with Crippen LogP contribution in [-0.4, -0.2) is 33.3 Å². The lowest BCUT2D eigenvalue weighted by atomic mass is 9.93. The Morgan fingerprint density at radius 1 is 1.06 bits per heavy atom. The molecular weight excluding hydrogens is 226 g/mol. The Balaban J connectivity index is 1.66. The van der Waals surface area contributed by atoms with Gasteiger partial charge in [0.15, 0.2) is 5.82 Å². The highest BCUT2D eigenvalue weighted by atomic mass is 15.5. The summed E-state index contributed by atoms with van der Waals surface area (Å²) in [5.41, 5.74) is 0. The largest absolute Gasteiger partial charge is 0.317 e. The van der Waals surface area contributed by atoms with Gasteiger partial charge >= 0.3 is 0 Å². The van der Waals surface area contributed by atoms with E-state index in [0.717, 1.165) is 31.3 Å². The minimum absolute atomic E-state index is 0.561.